The Morgan fingerprint density at radius 2 is 1.43 bits per heavy atom. The Kier molecular flexibility index (Phi) is 2.76. The van der Waals surface area contributed by atoms with E-state index >= 15 is 0 Å². The molecule has 0 amide bonds. The minimum absolute atomic E-state index is 0.648. The number of rotatable bonds is 0. The molecule has 5 rings (SSSR count). The van der Waals surface area contributed by atoms with Crippen molar-refractivity contribution >= 4 is 71.0 Å². The van der Waals surface area contributed by atoms with Crippen LogP contribution >= 0.6 is 27.5 Å². The van der Waals surface area contributed by atoms with E-state index in [0.29, 0.717) is 5.02 Å². The highest BCUT2D eigenvalue weighted by molar-refractivity contribution is 9.10. The average molecular weight is 382 g/mol. The van der Waals surface area contributed by atoms with Crippen molar-refractivity contribution in [1.29, 1.82) is 0 Å². The highest BCUT2D eigenvalue weighted by atomic mass is 79.9. The third kappa shape index (κ3) is 1.79. The number of benzene rings is 4. The van der Waals surface area contributed by atoms with Crippen LogP contribution in [0.3, 0.4) is 0 Å². The van der Waals surface area contributed by atoms with Gasteiger partial charge in [0.25, 0.3) is 0 Å². The Bertz CT molecular complexity index is 1240. The van der Waals surface area contributed by atoms with Crippen molar-refractivity contribution in [3.8, 4) is 0 Å². The minimum atomic E-state index is 0.648. The Labute approximate surface area is 145 Å². The summed E-state index contributed by atoms with van der Waals surface area (Å²) in [6.07, 6.45) is 0. The van der Waals surface area contributed by atoms with Crippen molar-refractivity contribution in [2.45, 2.75) is 0 Å². The number of hydrogen-bond acceptors (Lipinski definition) is 1. The first-order valence-electron chi connectivity index (χ1n) is 7.35. The molecule has 0 aliphatic heterocycles. The van der Waals surface area contributed by atoms with Crippen LogP contribution in [0.5, 0.6) is 0 Å². The zero-order chi connectivity index (χ0) is 15.6. The van der Waals surface area contributed by atoms with Crippen molar-refractivity contribution < 1.29 is 4.42 Å². The highest BCUT2D eigenvalue weighted by Crippen LogP contribution is 2.43. The second kappa shape index (κ2) is 4.73. The smallest absolute Gasteiger partial charge is 0.154 e. The van der Waals surface area contributed by atoms with Gasteiger partial charge in [0.15, 0.2) is 5.58 Å². The summed E-state index contributed by atoms with van der Waals surface area (Å²) in [5, 5.41) is 7.33. The van der Waals surface area contributed by atoms with Gasteiger partial charge in [-0.2, -0.15) is 0 Å². The molecule has 110 valence electrons. The van der Waals surface area contributed by atoms with Gasteiger partial charge < -0.3 is 4.42 Å². The van der Waals surface area contributed by atoms with Crippen LogP contribution in [0.1, 0.15) is 0 Å². The lowest BCUT2D eigenvalue weighted by Crippen LogP contribution is -1.77. The minimum Gasteiger partial charge on any atom is -0.454 e. The largest absolute Gasteiger partial charge is 0.454 e. The molecular formula is C20H10BrClO. The summed E-state index contributed by atoms with van der Waals surface area (Å²) in [6, 6.07) is 20.6. The van der Waals surface area contributed by atoms with E-state index < -0.39 is 0 Å². The van der Waals surface area contributed by atoms with Crippen LogP contribution in [-0.2, 0) is 0 Å². The molecule has 0 fully saturated rings. The quantitative estimate of drug-likeness (QED) is 0.274. The van der Waals surface area contributed by atoms with Gasteiger partial charge in [-0.15, -0.1) is 0 Å². The zero-order valence-corrected chi connectivity index (χ0v) is 14.3. The van der Waals surface area contributed by atoms with Gasteiger partial charge in [-0.1, -0.05) is 76.1 Å². The summed E-state index contributed by atoms with van der Waals surface area (Å²) in [7, 11) is 0. The summed E-state index contributed by atoms with van der Waals surface area (Å²) >= 11 is 10.2. The maximum Gasteiger partial charge on any atom is 0.154 e. The molecule has 23 heavy (non-hydrogen) atoms. The van der Waals surface area contributed by atoms with Crippen LogP contribution < -0.4 is 0 Å². The predicted molar refractivity (Wildman–Crippen MR) is 101 cm³/mol. The Balaban J connectivity index is 2.15. The third-order valence-electron chi connectivity index (χ3n) is 4.37. The van der Waals surface area contributed by atoms with Crippen molar-refractivity contribution in [3.05, 3.63) is 70.2 Å². The number of fused-ring (bicyclic) bond motifs is 7. The normalized spacial score (nSPS) is 11.9. The molecule has 0 unspecified atom stereocenters. The summed E-state index contributed by atoms with van der Waals surface area (Å²) in [5.74, 6) is 0. The van der Waals surface area contributed by atoms with E-state index in [2.05, 4.69) is 46.3 Å². The van der Waals surface area contributed by atoms with Gasteiger partial charge in [0.05, 0.1) is 5.02 Å². The molecule has 0 saturated carbocycles. The van der Waals surface area contributed by atoms with E-state index in [-0.39, 0.29) is 0 Å². The fourth-order valence-electron chi connectivity index (χ4n) is 3.36. The molecule has 1 aromatic heterocycles. The maximum atomic E-state index is 6.49. The van der Waals surface area contributed by atoms with E-state index in [1.165, 1.54) is 0 Å². The van der Waals surface area contributed by atoms with E-state index in [0.717, 1.165) is 48.0 Å². The molecule has 0 radical (unpaired) electrons. The maximum absolute atomic E-state index is 6.49. The molecule has 0 aliphatic rings. The van der Waals surface area contributed by atoms with E-state index in [1.807, 2.05) is 30.3 Å². The fourth-order valence-corrected chi connectivity index (χ4v) is 4.19. The molecule has 0 spiro atoms. The van der Waals surface area contributed by atoms with E-state index in [1.54, 1.807) is 0 Å². The highest BCUT2D eigenvalue weighted by Gasteiger charge is 2.17. The third-order valence-corrected chi connectivity index (χ3v) is 5.31. The van der Waals surface area contributed by atoms with Crippen LogP contribution in [0, 0.1) is 0 Å². The molecule has 4 aromatic carbocycles. The number of furan rings is 1. The molecule has 1 nitrogen and oxygen atoms in total. The molecule has 5 aromatic rings. The summed E-state index contributed by atoms with van der Waals surface area (Å²) in [6.45, 7) is 0. The molecule has 0 aliphatic carbocycles. The van der Waals surface area contributed by atoms with Crippen LogP contribution in [0.4, 0.5) is 0 Å². The second-order valence-electron chi connectivity index (χ2n) is 5.67. The lowest BCUT2D eigenvalue weighted by molar-refractivity contribution is 0.673. The molecular weight excluding hydrogens is 372 g/mol. The fraction of sp³-hybridized carbons (Fsp3) is 0. The van der Waals surface area contributed by atoms with Gasteiger partial charge in [-0.05, 0) is 28.3 Å². The van der Waals surface area contributed by atoms with Crippen LogP contribution in [0.15, 0.2) is 69.6 Å². The van der Waals surface area contributed by atoms with E-state index in [9.17, 15) is 0 Å². The summed E-state index contributed by atoms with van der Waals surface area (Å²) in [5.41, 5.74) is 1.64. The van der Waals surface area contributed by atoms with E-state index in [4.69, 9.17) is 16.0 Å². The van der Waals surface area contributed by atoms with Gasteiger partial charge in [0.2, 0.25) is 0 Å². The van der Waals surface area contributed by atoms with Crippen LogP contribution in [0.25, 0.3) is 43.5 Å². The van der Waals surface area contributed by atoms with Crippen molar-refractivity contribution in [1.82, 2.24) is 0 Å². The van der Waals surface area contributed by atoms with Gasteiger partial charge in [-0.3, -0.25) is 0 Å². The number of halogens is 2. The zero-order valence-electron chi connectivity index (χ0n) is 11.9. The first-order valence-corrected chi connectivity index (χ1v) is 8.52. The average Bonchev–Trinajstić information content (AvgIpc) is 2.96. The second-order valence-corrected chi connectivity index (χ2v) is 6.93. The Hall–Kier alpha value is -2.03. The van der Waals surface area contributed by atoms with Gasteiger partial charge in [0.1, 0.15) is 5.58 Å². The lowest BCUT2D eigenvalue weighted by Gasteiger charge is -2.02. The first-order chi connectivity index (χ1) is 11.2. The van der Waals surface area contributed by atoms with Crippen molar-refractivity contribution in [2.75, 3.05) is 0 Å². The number of hydrogen-bond donors (Lipinski definition) is 0. The molecule has 0 saturated heterocycles. The van der Waals surface area contributed by atoms with Crippen LogP contribution in [-0.4, -0.2) is 0 Å². The Morgan fingerprint density at radius 1 is 0.739 bits per heavy atom. The SMILES string of the molecule is Clc1cc2ccccc2c2c1oc1c3ccccc3c(Br)cc12. The predicted octanol–water partition coefficient (Wildman–Crippen LogP) is 7.31. The lowest BCUT2D eigenvalue weighted by atomic mass is 10.0. The molecule has 1 heterocycles. The first kappa shape index (κ1) is 13.4. The standard InChI is InChI=1S/C20H10BrClO/c21-16-10-15-18-12-6-2-1-5-11(12)9-17(22)20(18)23-19(15)14-8-4-3-7-13(14)16/h1-10H. The van der Waals surface area contributed by atoms with Crippen molar-refractivity contribution in [3.63, 3.8) is 0 Å². The van der Waals surface area contributed by atoms with Gasteiger partial charge in [0, 0.05) is 20.6 Å². The van der Waals surface area contributed by atoms with Crippen molar-refractivity contribution in [2.24, 2.45) is 0 Å². The molecule has 0 bridgehead atoms. The molecule has 0 atom stereocenters. The topological polar surface area (TPSA) is 13.1 Å². The molecule has 3 heteroatoms. The molecule has 0 N–H and O–H groups in total. The van der Waals surface area contributed by atoms with Gasteiger partial charge in [-0.25, -0.2) is 0 Å². The summed E-state index contributed by atoms with van der Waals surface area (Å²) < 4.78 is 7.27. The van der Waals surface area contributed by atoms with Gasteiger partial charge >= 0.3 is 0 Å². The monoisotopic (exact) mass is 380 g/mol. The summed E-state index contributed by atoms with van der Waals surface area (Å²) in [4.78, 5) is 0. The van der Waals surface area contributed by atoms with Crippen LogP contribution in [0.2, 0.25) is 5.02 Å². The Morgan fingerprint density at radius 3 is 2.26 bits per heavy atom.